The summed E-state index contributed by atoms with van der Waals surface area (Å²) in [6.07, 6.45) is 2.52. The second kappa shape index (κ2) is 7.71. The number of alkyl halides is 2. The van der Waals surface area contributed by atoms with Crippen LogP contribution in [0.3, 0.4) is 0 Å². The molecule has 1 N–H and O–H groups in total. The third kappa shape index (κ3) is 6.18. The van der Waals surface area contributed by atoms with Gasteiger partial charge in [0.25, 0.3) is 0 Å². The van der Waals surface area contributed by atoms with E-state index in [1.807, 2.05) is 6.92 Å². The quantitative estimate of drug-likeness (QED) is 0.812. The first kappa shape index (κ1) is 15.4. The highest BCUT2D eigenvalue weighted by Gasteiger charge is 2.09. The van der Waals surface area contributed by atoms with Crippen LogP contribution in [-0.2, 0) is 4.79 Å². The van der Waals surface area contributed by atoms with Gasteiger partial charge in [-0.15, -0.1) is 0 Å². The molecule has 19 heavy (non-hydrogen) atoms. The summed E-state index contributed by atoms with van der Waals surface area (Å²) in [5.74, 6) is 0.349. The Morgan fingerprint density at radius 1 is 1.32 bits per heavy atom. The Hall–Kier alpha value is -1.65. The first-order valence-corrected chi connectivity index (χ1v) is 6.36. The van der Waals surface area contributed by atoms with Gasteiger partial charge in [0, 0.05) is 12.1 Å². The average molecular weight is 271 g/mol. The maximum atomic E-state index is 12.0. The molecule has 0 aliphatic carbocycles. The molecule has 0 radical (unpaired) electrons. The lowest BCUT2D eigenvalue weighted by Crippen LogP contribution is -2.15. The summed E-state index contributed by atoms with van der Waals surface area (Å²) in [5.41, 5.74) is 0.579. The monoisotopic (exact) mass is 271 g/mol. The fourth-order valence-electron chi connectivity index (χ4n) is 1.84. The van der Waals surface area contributed by atoms with Crippen molar-refractivity contribution in [2.24, 2.45) is 5.92 Å². The van der Waals surface area contributed by atoms with Crippen molar-refractivity contribution in [1.82, 2.24) is 0 Å². The minimum absolute atomic E-state index is 0.0662. The van der Waals surface area contributed by atoms with Crippen LogP contribution in [0.4, 0.5) is 14.5 Å². The summed E-state index contributed by atoms with van der Waals surface area (Å²) in [6, 6.07) is 5.88. The van der Waals surface area contributed by atoms with E-state index in [0.29, 0.717) is 18.0 Å². The van der Waals surface area contributed by atoms with Gasteiger partial charge in [-0.2, -0.15) is 8.78 Å². The molecule has 0 aliphatic rings. The Morgan fingerprint density at radius 3 is 2.47 bits per heavy atom. The van der Waals surface area contributed by atoms with Crippen LogP contribution in [0.15, 0.2) is 24.3 Å². The lowest BCUT2D eigenvalue weighted by Gasteiger charge is -2.11. The fraction of sp³-hybridized carbons (Fsp3) is 0.500. The molecular formula is C14H19F2NO2. The van der Waals surface area contributed by atoms with E-state index in [9.17, 15) is 13.6 Å². The molecule has 0 saturated heterocycles. The van der Waals surface area contributed by atoms with Crippen LogP contribution in [0.2, 0.25) is 0 Å². The zero-order chi connectivity index (χ0) is 14.3. The SMILES string of the molecule is CCCC(C)CC(=O)Nc1ccc(OC(F)F)cc1. The van der Waals surface area contributed by atoms with Crippen LogP contribution in [0.25, 0.3) is 0 Å². The van der Waals surface area contributed by atoms with Crippen LogP contribution in [0.1, 0.15) is 33.1 Å². The number of amides is 1. The second-order valence-electron chi connectivity index (χ2n) is 4.55. The second-order valence-corrected chi connectivity index (χ2v) is 4.55. The Labute approximate surface area is 112 Å². The number of carbonyl (C=O) groups is 1. The van der Waals surface area contributed by atoms with Crippen LogP contribution < -0.4 is 10.1 Å². The number of anilines is 1. The number of hydrogen-bond donors (Lipinski definition) is 1. The number of ether oxygens (including phenoxy) is 1. The van der Waals surface area contributed by atoms with E-state index < -0.39 is 6.61 Å². The molecular weight excluding hydrogens is 252 g/mol. The number of carbonyl (C=O) groups excluding carboxylic acids is 1. The summed E-state index contributed by atoms with van der Waals surface area (Å²) in [4.78, 5) is 11.7. The summed E-state index contributed by atoms with van der Waals surface area (Å²) >= 11 is 0. The van der Waals surface area contributed by atoms with Gasteiger partial charge in [0.05, 0.1) is 0 Å². The maximum Gasteiger partial charge on any atom is 0.387 e. The van der Waals surface area contributed by atoms with Crippen LogP contribution >= 0.6 is 0 Å². The summed E-state index contributed by atoms with van der Waals surface area (Å²) < 4.78 is 28.1. The van der Waals surface area contributed by atoms with Gasteiger partial charge in [0.15, 0.2) is 0 Å². The van der Waals surface area contributed by atoms with Crippen molar-refractivity contribution in [2.45, 2.75) is 39.7 Å². The highest BCUT2D eigenvalue weighted by molar-refractivity contribution is 5.90. The number of rotatable bonds is 7. The maximum absolute atomic E-state index is 12.0. The predicted octanol–water partition coefficient (Wildman–Crippen LogP) is 4.05. The molecule has 3 nitrogen and oxygen atoms in total. The summed E-state index contributed by atoms with van der Waals surface area (Å²) in [7, 11) is 0. The van der Waals surface area contributed by atoms with Gasteiger partial charge in [-0.3, -0.25) is 4.79 Å². The molecule has 1 amide bonds. The van der Waals surface area contributed by atoms with E-state index in [-0.39, 0.29) is 11.7 Å². The molecule has 1 rings (SSSR count). The van der Waals surface area contributed by atoms with Crippen LogP contribution in [-0.4, -0.2) is 12.5 Å². The summed E-state index contributed by atoms with van der Waals surface area (Å²) in [6.45, 7) is 1.27. The van der Waals surface area contributed by atoms with Gasteiger partial charge >= 0.3 is 6.61 Å². The molecule has 1 unspecified atom stereocenters. The van der Waals surface area contributed by atoms with Crippen molar-refractivity contribution in [2.75, 3.05) is 5.32 Å². The van der Waals surface area contributed by atoms with E-state index in [1.165, 1.54) is 12.1 Å². The van der Waals surface area contributed by atoms with Crippen molar-refractivity contribution >= 4 is 11.6 Å². The van der Waals surface area contributed by atoms with Crippen molar-refractivity contribution in [1.29, 1.82) is 0 Å². The molecule has 0 aromatic heterocycles. The largest absolute Gasteiger partial charge is 0.435 e. The molecule has 0 aliphatic heterocycles. The number of nitrogens with one attached hydrogen (secondary N) is 1. The van der Waals surface area contributed by atoms with Gasteiger partial charge < -0.3 is 10.1 Å². The van der Waals surface area contributed by atoms with Gasteiger partial charge in [-0.25, -0.2) is 0 Å². The van der Waals surface area contributed by atoms with Crippen molar-refractivity contribution in [3.05, 3.63) is 24.3 Å². The molecule has 1 atom stereocenters. The molecule has 0 saturated carbocycles. The average Bonchev–Trinajstić information content (AvgIpc) is 2.31. The Kier molecular flexibility index (Phi) is 6.25. The first-order valence-electron chi connectivity index (χ1n) is 6.36. The summed E-state index contributed by atoms with van der Waals surface area (Å²) in [5, 5.41) is 2.73. The zero-order valence-corrected chi connectivity index (χ0v) is 11.2. The van der Waals surface area contributed by atoms with E-state index in [4.69, 9.17) is 0 Å². The zero-order valence-electron chi connectivity index (χ0n) is 11.2. The fourth-order valence-corrected chi connectivity index (χ4v) is 1.84. The minimum atomic E-state index is -2.84. The third-order valence-corrected chi connectivity index (χ3v) is 2.68. The lowest BCUT2D eigenvalue weighted by molar-refractivity contribution is -0.117. The van der Waals surface area contributed by atoms with Crippen molar-refractivity contribution in [3.63, 3.8) is 0 Å². The smallest absolute Gasteiger partial charge is 0.387 e. The number of hydrogen-bond acceptors (Lipinski definition) is 2. The van der Waals surface area contributed by atoms with E-state index in [0.717, 1.165) is 12.8 Å². The Morgan fingerprint density at radius 2 is 1.95 bits per heavy atom. The Bertz CT molecular complexity index is 393. The van der Waals surface area contributed by atoms with Gasteiger partial charge in [-0.05, 0) is 30.2 Å². The molecule has 1 aromatic carbocycles. The van der Waals surface area contributed by atoms with Crippen molar-refractivity contribution in [3.8, 4) is 5.75 Å². The van der Waals surface area contributed by atoms with Gasteiger partial charge in [0.1, 0.15) is 5.75 Å². The first-order chi connectivity index (χ1) is 9.01. The minimum Gasteiger partial charge on any atom is -0.435 e. The predicted molar refractivity (Wildman–Crippen MR) is 70.4 cm³/mol. The third-order valence-electron chi connectivity index (χ3n) is 2.68. The number of halogens is 2. The lowest BCUT2D eigenvalue weighted by atomic mass is 10.0. The van der Waals surface area contributed by atoms with E-state index in [2.05, 4.69) is 17.0 Å². The topological polar surface area (TPSA) is 38.3 Å². The van der Waals surface area contributed by atoms with E-state index in [1.54, 1.807) is 12.1 Å². The van der Waals surface area contributed by atoms with Crippen LogP contribution in [0.5, 0.6) is 5.75 Å². The van der Waals surface area contributed by atoms with Gasteiger partial charge in [-0.1, -0.05) is 26.7 Å². The molecule has 106 valence electrons. The Balaban J connectivity index is 2.46. The molecule has 0 bridgehead atoms. The highest BCUT2D eigenvalue weighted by atomic mass is 19.3. The van der Waals surface area contributed by atoms with Gasteiger partial charge in [0.2, 0.25) is 5.91 Å². The molecule has 5 heteroatoms. The molecule has 0 fully saturated rings. The number of benzene rings is 1. The highest BCUT2D eigenvalue weighted by Crippen LogP contribution is 2.18. The van der Waals surface area contributed by atoms with E-state index >= 15 is 0 Å². The van der Waals surface area contributed by atoms with Crippen LogP contribution in [0, 0.1) is 5.92 Å². The van der Waals surface area contributed by atoms with Crippen molar-refractivity contribution < 1.29 is 18.3 Å². The molecule has 1 aromatic rings. The standard InChI is InChI=1S/C14H19F2NO2/c1-3-4-10(2)9-13(18)17-11-5-7-12(8-6-11)19-14(15)16/h5-8,10,14H,3-4,9H2,1-2H3,(H,17,18). The molecule has 0 heterocycles. The normalized spacial score (nSPS) is 12.3. The molecule has 0 spiro atoms.